The van der Waals surface area contributed by atoms with Crippen molar-refractivity contribution in [1.82, 2.24) is 9.97 Å². The van der Waals surface area contributed by atoms with Gasteiger partial charge in [0.2, 0.25) is 5.82 Å². The minimum absolute atomic E-state index is 0.0289. The molecule has 0 atom stereocenters. The van der Waals surface area contributed by atoms with Gasteiger partial charge in [-0.05, 0) is 13.3 Å². The van der Waals surface area contributed by atoms with E-state index in [2.05, 4.69) is 15.3 Å². The number of rotatable bonds is 8. The first-order chi connectivity index (χ1) is 9.60. The first-order valence-electron chi connectivity index (χ1n) is 6.11. The van der Waals surface area contributed by atoms with Crippen LogP contribution in [0.2, 0.25) is 0 Å². The molecule has 1 aromatic heterocycles. The zero-order valence-electron chi connectivity index (χ0n) is 11.3. The quantitative estimate of drug-likeness (QED) is 0.255. The van der Waals surface area contributed by atoms with Crippen LogP contribution in [0.15, 0.2) is 11.4 Å². The van der Waals surface area contributed by atoms with Crippen LogP contribution in [0, 0.1) is 10.1 Å². The van der Waals surface area contributed by atoms with Gasteiger partial charge >= 0.3 is 11.7 Å². The highest BCUT2D eigenvalue weighted by atomic mass is 32.2. The first kappa shape index (κ1) is 16.2. The van der Waals surface area contributed by atoms with E-state index in [-0.39, 0.29) is 28.9 Å². The molecule has 1 rings (SSSR count). The zero-order valence-corrected chi connectivity index (χ0v) is 12.1. The number of anilines is 1. The smallest absolute Gasteiger partial charge is 0.343 e. The van der Waals surface area contributed by atoms with Gasteiger partial charge in [0, 0.05) is 6.54 Å². The highest BCUT2D eigenvalue weighted by molar-refractivity contribution is 8.00. The van der Waals surface area contributed by atoms with Crippen LogP contribution in [0.3, 0.4) is 0 Å². The fourth-order valence-corrected chi connectivity index (χ4v) is 2.10. The van der Waals surface area contributed by atoms with Crippen LogP contribution in [0.25, 0.3) is 0 Å². The Morgan fingerprint density at radius 2 is 2.25 bits per heavy atom. The van der Waals surface area contributed by atoms with E-state index >= 15 is 0 Å². The lowest BCUT2D eigenvalue weighted by Gasteiger charge is -2.07. The van der Waals surface area contributed by atoms with Crippen molar-refractivity contribution in [2.75, 3.05) is 24.2 Å². The summed E-state index contributed by atoms with van der Waals surface area (Å²) in [6.45, 7) is 4.48. The molecule has 1 aromatic rings. The standard InChI is InChI=1S/C11H16N4O4S/c1-3-5-12-10-9(15(17)18)11(14-7-13-10)20-6-8(16)19-4-2/h7H,3-6H2,1-2H3,(H,12,13,14). The lowest BCUT2D eigenvalue weighted by atomic mass is 10.4. The molecular weight excluding hydrogens is 284 g/mol. The summed E-state index contributed by atoms with van der Waals surface area (Å²) in [7, 11) is 0. The lowest BCUT2D eigenvalue weighted by Crippen LogP contribution is -2.09. The van der Waals surface area contributed by atoms with Gasteiger partial charge in [0.05, 0.1) is 17.3 Å². The number of aromatic nitrogens is 2. The van der Waals surface area contributed by atoms with Crippen LogP contribution in [0.4, 0.5) is 11.5 Å². The Hall–Kier alpha value is -1.90. The molecule has 0 saturated carbocycles. The molecule has 0 fully saturated rings. The molecule has 0 amide bonds. The van der Waals surface area contributed by atoms with Crippen molar-refractivity contribution >= 4 is 29.2 Å². The van der Waals surface area contributed by atoms with Gasteiger partial charge < -0.3 is 10.1 Å². The third kappa shape index (κ3) is 4.65. The summed E-state index contributed by atoms with van der Waals surface area (Å²) in [4.78, 5) is 29.6. The summed E-state index contributed by atoms with van der Waals surface area (Å²) in [5.41, 5.74) is -0.213. The van der Waals surface area contributed by atoms with Gasteiger partial charge in [-0.3, -0.25) is 14.9 Å². The zero-order chi connectivity index (χ0) is 15.0. The number of hydrogen-bond acceptors (Lipinski definition) is 8. The van der Waals surface area contributed by atoms with Crippen LogP contribution in [0.1, 0.15) is 20.3 Å². The van der Waals surface area contributed by atoms with Gasteiger partial charge in [0.25, 0.3) is 0 Å². The minimum Gasteiger partial charge on any atom is -0.465 e. The second-order valence-electron chi connectivity index (χ2n) is 3.65. The van der Waals surface area contributed by atoms with Crippen LogP contribution >= 0.6 is 11.8 Å². The lowest BCUT2D eigenvalue weighted by molar-refractivity contribution is -0.387. The van der Waals surface area contributed by atoms with E-state index in [1.807, 2.05) is 6.92 Å². The van der Waals surface area contributed by atoms with E-state index in [1.165, 1.54) is 6.33 Å². The summed E-state index contributed by atoms with van der Waals surface area (Å²) in [5.74, 6) is -0.300. The molecule has 0 aliphatic rings. The highest BCUT2D eigenvalue weighted by Gasteiger charge is 2.23. The molecule has 0 bridgehead atoms. The van der Waals surface area contributed by atoms with E-state index in [1.54, 1.807) is 6.92 Å². The number of nitrogens with one attached hydrogen (secondary N) is 1. The minimum atomic E-state index is -0.550. The summed E-state index contributed by atoms with van der Waals surface area (Å²) < 4.78 is 4.77. The molecule has 110 valence electrons. The summed E-state index contributed by atoms with van der Waals surface area (Å²) in [6, 6.07) is 0. The predicted octanol–water partition coefficient (Wildman–Crippen LogP) is 1.86. The van der Waals surface area contributed by atoms with Gasteiger partial charge in [-0.25, -0.2) is 9.97 Å². The van der Waals surface area contributed by atoms with Crippen LogP contribution in [0.5, 0.6) is 0 Å². The normalized spacial score (nSPS) is 10.1. The molecule has 1 N–H and O–H groups in total. The molecule has 9 heteroatoms. The second kappa shape index (κ2) is 8.31. The highest BCUT2D eigenvalue weighted by Crippen LogP contribution is 2.32. The SMILES string of the molecule is CCCNc1ncnc(SCC(=O)OCC)c1[N+](=O)[O-]. The van der Waals surface area contributed by atoms with Gasteiger partial charge in [-0.1, -0.05) is 18.7 Å². The van der Waals surface area contributed by atoms with Crippen molar-refractivity contribution in [1.29, 1.82) is 0 Å². The largest absolute Gasteiger partial charge is 0.465 e. The maximum absolute atomic E-state index is 11.3. The Kier molecular flexibility index (Phi) is 6.71. The van der Waals surface area contributed by atoms with Crippen molar-refractivity contribution in [3.8, 4) is 0 Å². The molecular formula is C11H16N4O4S. The van der Waals surface area contributed by atoms with Crippen molar-refractivity contribution in [2.24, 2.45) is 0 Å². The Morgan fingerprint density at radius 3 is 2.85 bits per heavy atom. The van der Waals surface area contributed by atoms with Crippen LogP contribution in [-0.4, -0.2) is 39.8 Å². The van der Waals surface area contributed by atoms with E-state index in [9.17, 15) is 14.9 Å². The third-order valence-electron chi connectivity index (χ3n) is 2.15. The fourth-order valence-electron chi connectivity index (χ4n) is 1.34. The molecule has 1 heterocycles. The number of thioether (sulfide) groups is 1. The van der Waals surface area contributed by atoms with Crippen molar-refractivity contribution < 1.29 is 14.5 Å². The molecule has 0 saturated heterocycles. The predicted molar refractivity (Wildman–Crippen MR) is 74.8 cm³/mol. The number of hydrogen-bond donors (Lipinski definition) is 1. The van der Waals surface area contributed by atoms with Gasteiger partial charge in [0.1, 0.15) is 6.33 Å². The Balaban J connectivity index is 2.88. The monoisotopic (exact) mass is 300 g/mol. The molecule has 0 aromatic carbocycles. The fraction of sp³-hybridized carbons (Fsp3) is 0.545. The van der Waals surface area contributed by atoms with Crippen molar-refractivity contribution in [2.45, 2.75) is 25.3 Å². The summed E-state index contributed by atoms with van der Waals surface area (Å²) in [5, 5.41) is 14.2. The molecule has 0 spiro atoms. The van der Waals surface area contributed by atoms with Gasteiger partial charge in [0.15, 0.2) is 5.03 Å². The second-order valence-corrected chi connectivity index (χ2v) is 4.62. The van der Waals surface area contributed by atoms with Crippen LogP contribution < -0.4 is 5.32 Å². The maximum Gasteiger partial charge on any atom is 0.343 e. The Labute approximate surface area is 120 Å². The number of ether oxygens (including phenoxy) is 1. The van der Waals surface area contributed by atoms with Crippen molar-refractivity contribution in [3.63, 3.8) is 0 Å². The molecule has 0 unspecified atom stereocenters. The van der Waals surface area contributed by atoms with E-state index < -0.39 is 10.9 Å². The number of nitro groups is 1. The van der Waals surface area contributed by atoms with E-state index in [0.717, 1.165) is 18.2 Å². The number of esters is 1. The van der Waals surface area contributed by atoms with E-state index in [4.69, 9.17) is 4.74 Å². The summed E-state index contributed by atoms with van der Waals surface area (Å²) >= 11 is 0.964. The molecule has 0 radical (unpaired) electrons. The number of nitrogens with zero attached hydrogens (tertiary/aromatic N) is 3. The Morgan fingerprint density at radius 1 is 1.50 bits per heavy atom. The van der Waals surface area contributed by atoms with Gasteiger partial charge in [-0.2, -0.15) is 0 Å². The topological polar surface area (TPSA) is 107 Å². The maximum atomic E-state index is 11.3. The summed E-state index contributed by atoms with van der Waals surface area (Å²) in [6.07, 6.45) is 2.05. The molecule has 0 aliphatic carbocycles. The molecule has 0 aliphatic heterocycles. The third-order valence-corrected chi connectivity index (χ3v) is 3.10. The first-order valence-corrected chi connectivity index (χ1v) is 7.10. The number of carbonyl (C=O) groups excluding carboxylic acids is 1. The van der Waals surface area contributed by atoms with Crippen molar-refractivity contribution in [3.05, 3.63) is 16.4 Å². The average Bonchev–Trinajstić information content (AvgIpc) is 2.42. The Bertz CT molecular complexity index is 483. The van der Waals surface area contributed by atoms with Gasteiger partial charge in [-0.15, -0.1) is 0 Å². The van der Waals surface area contributed by atoms with E-state index in [0.29, 0.717) is 6.54 Å². The van der Waals surface area contributed by atoms with Crippen LogP contribution in [-0.2, 0) is 9.53 Å². The molecule has 20 heavy (non-hydrogen) atoms. The number of carbonyl (C=O) groups is 1. The molecule has 8 nitrogen and oxygen atoms in total. The average molecular weight is 300 g/mol.